The Morgan fingerprint density at radius 3 is 2.50 bits per heavy atom. The van der Waals surface area contributed by atoms with E-state index in [1.54, 1.807) is 18.2 Å². The van der Waals surface area contributed by atoms with Crippen LogP contribution >= 0.6 is 0 Å². The molecule has 2 aromatic carbocycles. The van der Waals surface area contributed by atoms with Gasteiger partial charge in [0, 0.05) is 6.42 Å². The molecule has 2 aromatic rings. The van der Waals surface area contributed by atoms with E-state index >= 15 is 0 Å². The molecule has 0 atom stereocenters. The Labute approximate surface area is 142 Å². The third-order valence-electron chi connectivity index (χ3n) is 3.24. The molecule has 0 unspecified atom stereocenters. The second-order valence-electron chi connectivity index (χ2n) is 5.25. The molecule has 128 valence electrons. The normalized spacial score (nSPS) is 10.2. The van der Waals surface area contributed by atoms with Gasteiger partial charge in [-0.3, -0.25) is 0 Å². The van der Waals surface area contributed by atoms with Crippen LogP contribution in [0.1, 0.15) is 30.1 Å². The van der Waals surface area contributed by atoms with Crippen LogP contribution in [0.3, 0.4) is 0 Å². The van der Waals surface area contributed by atoms with Crippen molar-refractivity contribution < 1.29 is 19.0 Å². The minimum atomic E-state index is -0.367. The minimum Gasteiger partial charge on any atom is -0.493 e. The van der Waals surface area contributed by atoms with E-state index in [-0.39, 0.29) is 5.97 Å². The molecule has 0 aliphatic heterocycles. The zero-order chi connectivity index (χ0) is 17.2. The number of nitrogens with two attached hydrogens (primary N) is 1. The van der Waals surface area contributed by atoms with Gasteiger partial charge in [-0.15, -0.1) is 0 Å². The molecule has 5 heteroatoms. The summed E-state index contributed by atoms with van der Waals surface area (Å²) in [4.78, 5) is 11.9. The van der Waals surface area contributed by atoms with Crippen LogP contribution in [0.25, 0.3) is 0 Å². The second kappa shape index (κ2) is 9.45. The van der Waals surface area contributed by atoms with Gasteiger partial charge >= 0.3 is 5.97 Å². The van der Waals surface area contributed by atoms with Crippen LogP contribution in [0.15, 0.2) is 48.5 Å². The second-order valence-corrected chi connectivity index (χ2v) is 5.25. The largest absolute Gasteiger partial charge is 0.493 e. The highest BCUT2D eigenvalue weighted by Gasteiger charge is 2.10. The summed E-state index contributed by atoms with van der Waals surface area (Å²) in [5, 5.41) is 0. The molecule has 0 fully saturated rings. The zero-order valence-corrected chi connectivity index (χ0v) is 13.9. The van der Waals surface area contributed by atoms with Crippen LogP contribution in [0.5, 0.6) is 11.5 Å². The number of carbonyl (C=O) groups excluding carboxylic acids is 1. The topological polar surface area (TPSA) is 70.8 Å². The lowest BCUT2D eigenvalue weighted by Crippen LogP contribution is -2.09. The predicted octanol–water partition coefficient (Wildman–Crippen LogP) is 3.68. The first-order valence-electron chi connectivity index (χ1n) is 8.08. The molecular weight excluding hydrogens is 306 g/mol. The number of carbonyl (C=O) groups is 1. The molecule has 0 aliphatic rings. The van der Waals surface area contributed by atoms with Crippen molar-refractivity contribution in [1.82, 2.24) is 0 Å². The van der Waals surface area contributed by atoms with Crippen molar-refractivity contribution in [2.45, 2.75) is 19.8 Å². The summed E-state index contributed by atoms with van der Waals surface area (Å²) >= 11 is 0. The molecule has 2 N–H and O–H groups in total. The van der Waals surface area contributed by atoms with Crippen LogP contribution in [-0.4, -0.2) is 25.8 Å². The Balaban J connectivity index is 1.80. The molecule has 0 radical (unpaired) electrons. The lowest BCUT2D eigenvalue weighted by molar-refractivity contribution is 0.0504. The highest BCUT2D eigenvalue weighted by molar-refractivity contribution is 5.90. The molecule has 0 spiro atoms. The third-order valence-corrected chi connectivity index (χ3v) is 3.24. The Hall–Kier alpha value is -2.69. The lowest BCUT2D eigenvalue weighted by Gasteiger charge is -2.11. The number of rotatable bonds is 9. The van der Waals surface area contributed by atoms with Gasteiger partial charge in [-0.05, 0) is 36.8 Å². The van der Waals surface area contributed by atoms with Gasteiger partial charge in [-0.1, -0.05) is 25.1 Å². The fourth-order valence-corrected chi connectivity index (χ4v) is 2.01. The van der Waals surface area contributed by atoms with E-state index in [0.29, 0.717) is 43.2 Å². The molecule has 0 saturated carbocycles. The number of hydrogen-bond donors (Lipinski definition) is 1. The van der Waals surface area contributed by atoms with E-state index in [1.807, 2.05) is 37.3 Å². The van der Waals surface area contributed by atoms with Crippen molar-refractivity contribution in [3.8, 4) is 11.5 Å². The summed E-state index contributed by atoms with van der Waals surface area (Å²) < 4.78 is 16.4. The maximum absolute atomic E-state index is 11.9. The zero-order valence-electron chi connectivity index (χ0n) is 13.9. The first kappa shape index (κ1) is 17.7. The Morgan fingerprint density at radius 2 is 1.75 bits per heavy atom. The SMILES string of the molecule is CCCOC(=O)c1ccc(N)c(OCCCOc2ccccc2)c1. The van der Waals surface area contributed by atoms with Gasteiger partial charge in [0.15, 0.2) is 0 Å². The first-order chi connectivity index (χ1) is 11.7. The maximum atomic E-state index is 11.9. The van der Waals surface area contributed by atoms with Gasteiger partial charge in [0.1, 0.15) is 11.5 Å². The van der Waals surface area contributed by atoms with Crippen molar-refractivity contribution in [2.24, 2.45) is 0 Å². The number of esters is 1. The van der Waals surface area contributed by atoms with Crippen molar-refractivity contribution in [1.29, 1.82) is 0 Å². The number of benzene rings is 2. The number of anilines is 1. The van der Waals surface area contributed by atoms with Crippen LogP contribution in [0.2, 0.25) is 0 Å². The number of ether oxygens (including phenoxy) is 3. The Kier molecular flexibility index (Phi) is 6.95. The van der Waals surface area contributed by atoms with Crippen molar-refractivity contribution in [2.75, 3.05) is 25.6 Å². The van der Waals surface area contributed by atoms with E-state index in [4.69, 9.17) is 19.9 Å². The van der Waals surface area contributed by atoms with Gasteiger partial charge in [-0.2, -0.15) is 0 Å². The van der Waals surface area contributed by atoms with E-state index in [2.05, 4.69) is 0 Å². The Morgan fingerprint density at radius 1 is 1.00 bits per heavy atom. The lowest BCUT2D eigenvalue weighted by atomic mass is 10.2. The quantitative estimate of drug-likeness (QED) is 0.432. The van der Waals surface area contributed by atoms with Crippen molar-refractivity contribution >= 4 is 11.7 Å². The summed E-state index contributed by atoms with van der Waals surface area (Å²) in [6, 6.07) is 14.5. The summed E-state index contributed by atoms with van der Waals surface area (Å²) in [7, 11) is 0. The minimum absolute atomic E-state index is 0.367. The van der Waals surface area contributed by atoms with E-state index in [1.165, 1.54) is 0 Å². The van der Waals surface area contributed by atoms with E-state index in [9.17, 15) is 4.79 Å². The fourth-order valence-electron chi connectivity index (χ4n) is 2.01. The summed E-state index contributed by atoms with van der Waals surface area (Å²) in [6.07, 6.45) is 1.49. The van der Waals surface area contributed by atoms with E-state index in [0.717, 1.165) is 12.2 Å². The van der Waals surface area contributed by atoms with E-state index < -0.39 is 0 Å². The summed E-state index contributed by atoms with van der Waals surface area (Å²) in [5.74, 6) is 0.951. The highest BCUT2D eigenvalue weighted by atomic mass is 16.5. The monoisotopic (exact) mass is 329 g/mol. The molecule has 0 amide bonds. The van der Waals surface area contributed by atoms with Gasteiger partial charge in [-0.25, -0.2) is 4.79 Å². The number of para-hydroxylation sites is 1. The van der Waals surface area contributed by atoms with Gasteiger partial charge < -0.3 is 19.9 Å². The number of hydrogen-bond acceptors (Lipinski definition) is 5. The van der Waals surface area contributed by atoms with Crippen LogP contribution in [-0.2, 0) is 4.74 Å². The summed E-state index contributed by atoms with van der Waals surface area (Å²) in [6.45, 7) is 3.34. The van der Waals surface area contributed by atoms with Crippen molar-refractivity contribution in [3.05, 3.63) is 54.1 Å². The molecule has 0 heterocycles. The molecule has 5 nitrogen and oxygen atoms in total. The van der Waals surface area contributed by atoms with Gasteiger partial charge in [0.25, 0.3) is 0 Å². The molecule has 0 aromatic heterocycles. The third kappa shape index (κ3) is 5.50. The van der Waals surface area contributed by atoms with Crippen LogP contribution in [0, 0.1) is 0 Å². The van der Waals surface area contributed by atoms with Crippen molar-refractivity contribution in [3.63, 3.8) is 0 Å². The van der Waals surface area contributed by atoms with Gasteiger partial charge in [0.2, 0.25) is 0 Å². The smallest absolute Gasteiger partial charge is 0.338 e. The molecule has 2 rings (SSSR count). The maximum Gasteiger partial charge on any atom is 0.338 e. The van der Waals surface area contributed by atoms with Gasteiger partial charge in [0.05, 0.1) is 31.1 Å². The fraction of sp³-hybridized carbons (Fsp3) is 0.316. The average molecular weight is 329 g/mol. The van der Waals surface area contributed by atoms with Crippen LogP contribution < -0.4 is 15.2 Å². The summed E-state index contributed by atoms with van der Waals surface area (Å²) in [5.41, 5.74) is 6.82. The highest BCUT2D eigenvalue weighted by Crippen LogP contribution is 2.23. The molecular formula is C19H23NO4. The Bertz CT molecular complexity index is 643. The van der Waals surface area contributed by atoms with Crippen LogP contribution in [0.4, 0.5) is 5.69 Å². The number of nitrogen functional groups attached to an aromatic ring is 1. The molecule has 0 saturated heterocycles. The first-order valence-corrected chi connectivity index (χ1v) is 8.08. The predicted molar refractivity (Wildman–Crippen MR) is 93.5 cm³/mol. The molecule has 0 aliphatic carbocycles. The molecule has 0 bridgehead atoms. The standard InChI is InChI=1S/C19H23NO4/c1-2-11-24-19(21)15-9-10-17(20)18(14-15)23-13-6-12-22-16-7-4-3-5-8-16/h3-5,7-10,14H,2,6,11-13,20H2,1H3. The average Bonchev–Trinajstić information content (AvgIpc) is 2.61. The molecule has 24 heavy (non-hydrogen) atoms.